The van der Waals surface area contributed by atoms with Crippen molar-refractivity contribution in [2.24, 2.45) is 7.05 Å². The minimum absolute atomic E-state index is 0.135. The molecule has 0 amide bonds. The Balaban J connectivity index is 2.10. The number of imidazole rings is 1. The number of carbonyl (C=O) groups is 1. The van der Waals surface area contributed by atoms with E-state index in [4.69, 9.17) is 0 Å². The zero-order valence-corrected chi connectivity index (χ0v) is 10.4. The second-order valence-corrected chi connectivity index (χ2v) is 5.07. The number of aromatic nitrogens is 2. The number of benzene rings is 1. The largest absolute Gasteiger partial charge is 0.331 e. The number of hydrogen-bond acceptors (Lipinski definition) is 3. The molecule has 90 valence electrons. The minimum Gasteiger partial charge on any atom is -0.331 e. The molecule has 3 nitrogen and oxygen atoms in total. The summed E-state index contributed by atoms with van der Waals surface area (Å²) in [4.78, 5) is 16.8. The van der Waals surface area contributed by atoms with E-state index in [0.29, 0.717) is 10.7 Å². The fraction of sp³-hybridized carbons (Fsp3) is 0.0769. The number of nitrogens with zero attached hydrogens (tertiary/aromatic N) is 2. The van der Waals surface area contributed by atoms with Crippen LogP contribution in [0.4, 0.5) is 4.39 Å². The predicted molar refractivity (Wildman–Crippen MR) is 68.4 cm³/mol. The monoisotopic (exact) mass is 260 g/mol. The molecule has 3 aromatic rings. The Bertz CT molecular complexity index is 744. The molecule has 3 rings (SSSR count). The first-order valence-electron chi connectivity index (χ1n) is 5.36. The zero-order chi connectivity index (χ0) is 12.7. The van der Waals surface area contributed by atoms with Crippen LogP contribution in [0.25, 0.3) is 10.1 Å². The van der Waals surface area contributed by atoms with E-state index in [1.165, 1.54) is 23.5 Å². The van der Waals surface area contributed by atoms with Crippen molar-refractivity contribution in [1.82, 2.24) is 9.55 Å². The Morgan fingerprint density at radius 3 is 2.94 bits per heavy atom. The minimum atomic E-state index is -0.295. The number of halogens is 1. The first-order chi connectivity index (χ1) is 8.65. The molecule has 0 radical (unpaired) electrons. The molecule has 1 aromatic carbocycles. The fourth-order valence-corrected chi connectivity index (χ4v) is 2.80. The Kier molecular flexibility index (Phi) is 2.48. The van der Waals surface area contributed by atoms with E-state index < -0.39 is 0 Å². The number of carbonyl (C=O) groups excluding carboxylic acids is 1. The predicted octanol–water partition coefficient (Wildman–Crippen LogP) is 3.00. The van der Waals surface area contributed by atoms with Crippen LogP contribution in [0.15, 0.2) is 36.7 Å². The molecule has 0 unspecified atom stereocenters. The molecule has 2 heterocycles. The van der Waals surface area contributed by atoms with Gasteiger partial charge in [0.1, 0.15) is 5.82 Å². The van der Waals surface area contributed by atoms with Gasteiger partial charge >= 0.3 is 0 Å². The SMILES string of the molecule is Cn1ccnc1C(=O)c1cc2cc(F)ccc2s1. The zero-order valence-electron chi connectivity index (χ0n) is 9.55. The van der Waals surface area contributed by atoms with Crippen LogP contribution in [0.1, 0.15) is 15.5 Å². The lowest BCUT2D eigenvalue weighted by atomic mass is 10.2. The highest BCUT2D eigenvalue weighted by Crippen LogP contribution is 2.27. The summed E-state index contributed by atoms with van der Waals surface area (Å²) < 4.78 is 15.7. The van der Waals surface area contributed by atoms with E-state index in [0.717, 1.165) is 10.1 Å². The summed E-state index contributed by atoms with van der Waals surface area (Å²) in [6.07, 6.45) is 3.31. The highest BCUT2D eigenvalue weighted by molar-refractivity contribution is 7.21. The fourth-order valence-electron chi connectivity index (χ4n) is 1.82. The van der Waals surface area contributed by atoms with E-state index in [1.807, 2.05) is 0 Å². The van der Waals surface area contributed by atoms with Crippen molar-refractivity contribution in [2.45, 2.75) is 0 Å². The molecular formula is C13H9FN2OS. The summed E-state index contributed by atoms with van der Waals surface area (Å²) in [6, 6.07) is 6.22. The first-order valence-corrected chi connectivity index (χ1v) is 6.18. The van der Waals surface area contributed by atoms with Gasteiger partial charge in [-0.1, -0.05) is 0 Å². The van der Waals surface area contributed by atoms with Gasteiger partial charge in [-0.3, -0.25) is 4.79 Å². The molecule has 0 aliphatic rings. The van der Waals surface area contributed by atoms with Crippen molar-refractivity contribution in [3.05, 3.63) is 53.2 Å². The van der Waals surface area contributed by atoms with E-state index >= 15 is 0 Å². The summed E-state index contributed by atoms with van der Waals surface area (Å²) in [5, 5.41) is 0.748. The van der Waals surface area contributed by atoms with Crippen LogP contribution in [0.3, 0.4) is 0 Å². The maximum Gasteiger partial charge on any atom is 0.238 e. The van der Waals surface area contributed by atoms with Crippen molar-refractivity contribution >= 4 is 27.2 Å². The molecule has 0 N–H and O–H groups in total. The molecule has 5 heteroatoms. The quantitative estimate of drug-likeness (QED) is 0.664. The number of thiophene rings is 1. The van der Waals surface area contributed by atoms with Gasteiger partial charge in [-0.2, -0.15) is 0 Å². The van der Waals surface area contributed by atoms with Crippen LogP contribution in [0.5, 0.6) is 0 Å². The lowest BCUT2D eigenvalue weighted by Crippen LogP contribution is -2.06. The maximum atomic E-state index is 13.1. The van der Waals surface area contributed by atoms with Crippen LogP contribution < -0.4 is 0 Å². The van der Waals surface area contributed by atoms with E-state index in [9.17, 15) is 9.18 Å². The second kappa shape index (κ2) is 4.03. The Morgan fingerprint density at radius 1 is 1.39 bits per heavy atom. The molecule has 0 atom stereocenters. The highest BCUT2D eigenvalue weighted by Gasteiger charge is 2.16. The maximum absolute atomic E-state index is 13.1. The second-order valence-electron chi connectivity index (χ2n) is 3.98. The van der Waals surface area contributed by atoms with Crippen LogP contribution in [-0.2, 0) is 7.05 Å². The van der Waals surface area contributed by atoms with Gasteiger partial charge < -0.3 is 4.57 Å². The summed E-state index contributed by atoms with van der Waals surface area (Å²) >= 11 is 1.35. The van der Waals surface area contributed by atoms with Crippen molar-refractivity contribution in [3.8, 4) is 0 Å². The number of aryl methyl sites for hydroxylation is 1. The average Bonchev–Trinajstić information content (AvgIpc) is 2.93. The van der Waals surface area contributed by atoms with Crippen LogP contribution in [0, 0.1) is 5.82 Å². The smallest absolute Gasteiger partial charge is 0.238 e. The Morgan fingerprint density at radius 2 is 2.22 bits per heavy atom. The topological polar surface area (TPSA) is 34.9 Å². The average molecular weight is 260 g/mol. The first kappa shape index (κ1) is 11.1. The van der Waals surface area contributed by atoms with Crippen LogP contribution in [-0.4, -0.2) is 15.3 Å². The third-order valence-electron chi connectivity index (χ3n) is 2.73. The van der Waals surface area contributed by atoms with Gasteiger partial charge in [-0.05, 0) is 29.7 Å². The van der Waals surface area contributed by atoms with E-state index in [1.54, 1.807) is 36.1 Å². The third kappa shape index (κ3) is 1.73. The normalized spacial score (nSPS) is 11.0. The van der Waals surface area contributed by atoms with Gasteiger partial charge in [0.25, 0.3) is 0 Å². The van der Waals surface area contributed by atoms with Gasteiger partial charge in [-0.25, -0.2) is 9.37 Å². The highest BCUT2D eigenvalue weighted by atomic mass is 32.1. The molecule has 0 saturated heterocycles. The number of fused-ring (bicyclic) bond motifs is 1. The molecule has 0 aliphatic heterocycles. The van der Waals surface area contributed by atoms with Gasteiger partial charge in [0.2, 0.25) is 5.78 Å². The number of ketones is 1. The van der Waals surface area contributed by atoms with Gasteiger partial charge in [0.05, 0.1) is 4.88 Å². The third-order valence-corrected chi connectivity index (χ3v) is 3.84. The summed E-state index contributed by atoms with van der Waals surface area (Å²) in [7, 11) is 1.77. The van der Waals surface area contributed by atoms with Crippen LogP contribution >= 0.6 is 11.3 Å². The molecule has 0 spiro atoms. The molecule has 18 heavy (non-hydrogen) atoms. The van der Waals surface area contributed by atoms with Crippen molar-refractivity contribution in [3.63, 3.8) is 0 Å². The number of rotatable bonds is 2. The Hall–Kier alpha value is -2.01. The molecule has 0 aliphatic carbocycles. The van der Waals surface area contributed by atoms with Crippen molar-refractivity contribution in [2.75, 3.05) is 0 Å². The molecule has 2 aromatic heterocycles. The van der Waals surface area contributed by atoms with Crippen molar-refractivity contribution in [1.29, 1.82) is 0 Å². The lowest BCUT2D eigenvalue weighted by molar-refractivity contribution is 0.103. The standard InChI is InChI=1S/C13H9FN2OS/c1-16-5-4-15-13(16)12(17)11-7-8-6-9(14)2-3-10(8)18-11/h2-7H,1H3. The van der Waals surface area contributed by atoms with Gasteiger partial charge in [-0.15, -0.1) is 11.3 Å². The molecular weight excluding hydrogens is 251 g/mol. The van der Waals surface area contributed by atoms with E-state index in [2.05, 4.69) is 4.98 Å². The van der Waals surface area contributed by atoms with E-state index in [-0.39, 0.29) is 11.6 Å². The van der Waals surface area contributed by atoms with Gasteiger partial charge in [0, 0.05) is 24.1 Å². The summed E-state index contributed by atoms with van der Waals surface area (Å²) in [5.41, 5.74) is 0. The molecule has 0 fully saturated rings. The number of hydrogen-bond donors (Lipinski definition) is 0. The van der Waals surface area contributed by atoms with Crippen molar-refractivity contribution < 1.29 is 9.18 Å². The molecule has 0 saturated carbocycles. The van der Waals surface area contributed by atoms with Gasteiger partial charge in [0.15, 0.2) is 5.82 Å². The molecule has 0 bridgehead atoms. The Labute approximate surface area is 107 Å². The lowest BCUT2D eigenvalue weighted by Gasteiger charge is -1.96. The van der Waals surface area contributed by atoms with Crippen LogP contribution in [0.2, 0.25) is 0 Å². The summed E-state index contributed by atoms with van der Waals surface area (Å²) in [6.45, 7) is 0. The summed E-state index contributed by atoms with van der Waals surface area (Å²) in [5.74, 6) is -0.0394.